The fourth-order valence-electron chi connectivity index (χ4n) is 2.76. The van der Waals surface area contributed by atoms with Crippen molar-refractivity contribution in [2.24, 2.45) is 0 Å². The molecule has 1 heterocycles. The number of anilines is 1. The van der Waals surface area contributed by atoms with Gasteiger partial charge in [-0.1, -0.05) is 42.5 Å². The van der Waals surface area contributed by atoms with Gasteiger partial charge in [-0.15, -0.1) is 11.3 Å². The zero-order valence-electron chi connectivity index (χ0n) is 11.9. The van der Waals surface area contributed by atoms with E-state index < -0.39 is 0 Å². The van der Waals surface area contributed by atoms with Gasteiger partial charge in [0.2, 0.25) is 0 Å². The van der Waals surface area contributed by atoms with Crippen molar-refractivity contribution < 1.29 is 4.79 Å². The second kappa shape index (κ2) is 5.39. The number of carbonyl (C=O) groups is 1. The molecule has 0 saturated heterocycles. The highest BCUT2D eigenvalue weighted by Gasteiger charge is 2.21. The predicted molar refractivity (Wildman–Crippen MR) is 89.4 cm³/mol. The number of hydrogen-bond donors (Lipinski definition) is 1. The highest BCUT2D eigenvalue weighted by atomic mass is 32.1. The SMILES string of the molecule is O=C(Nc1nc2c(s1)CCc1ccccc1-2)c1ccccc1. The molecule has 1 N–H and O–H groups in total. The Morgan fingerprint density at radius 2 is 1.77 bits per heavy atom. The summed E-state index contributed by atoms with van der Waals surface area (Å²) < 4.78 is 0. The molecule has 0 radical (unpaired) electrons. The van der Waals surface area contributed by atoms with Gasteiger partial charge in [0, 0.05) is 16.0 Å². The van der Waals surface area contributed by atoms with Gasteiger partial charge in [0.25, 0.3) is 5.91 Å². The van der Waals surface area contributed by atoms with Crippen molar-refractivity contribution in [1.82, 2.24) is 4.98 Å². The van der Waals surface area contributed by atoms with E-state index in [2.05, 4.69) is 28.5 Å². The van der Waals surface area contributed by atoms with Crippen LogP contribution in [0.5, 0.6) is 0 Å². The molecule has 1 aliphatic carbocycles. The number of amides is 1. The van der Waals surface area contributed by atoms with E-state index in [9.17, 15) is 4.79 Å². The van der Waals surface area contributed by atoms with Crippen LogP contribution in [0.2, 0.25) is 0 Å². The van der Waals surface area contributed by atoms with Gasteiger partial charge in [-0.05, 0) is 30.5 Å². The zero-order valence-corrected chi connectivity index (χ0v) is 12.7. The average Bonchev–Trinajstić information content (AvgIpc) is 2.98. The van der Waals surface area contributed by atoms with Crippen LogP contribution in [-0.2, 0) is 12.8 Å². The van der Waals surface area contributed by atoms with Crippen molar-refractivity contribution in [1.29, 1.82) is 0 Å². The summed E-state index contributed by atoms with van der Waals surface area (Å²) in [5, 5.41) is 3.59. The molecule has 0 bridgehead atoms. The minimum Gasteiger partial charge on any atom is -0.298 e. The van der Waals surface area contributed by atoms with Crippen LogP contribution in [0.1, 0.15) is 20.8 Å². The Morgan fingerprint density at radius 3 is 2.64 bits per heavy atom. The van der Waals surface area contributed by atoms with Gasteiger partial charge in [-0.2, -0.15) is 0 Å². The summed E-state index contributed by atoms with van der Waals surface area (Å²) in [6.45, 7) is 0. The topological polar surface area (TPSA) is 42.0 Å². The molecular weight excluding hydrogens is 292 g/mol. The molecule has 4 heteroatoms. The van der Waals surface area contributed by atoms with Crippen LogP contribution in [-0.4, -0.2) is 10.9 Å². The highest BCUT2D eigenvalue weighted by Crippen LogP contribution is 2.37. The number of aromatic nitrogens is 1. The fourth-order valence-corrected chi connectivity index (χ4v) is 3.73. The van der Waals surface area contributed by atoms with E-state index in [1.807, 2.05) is 24.3 Å². The highest BCUT2D eigenvalue weighted by molar-refractivity contribution is 7.16. The van der Waals surface area contributed by atoms with E-state index in [0.29, 0.717) is 10.7 Å². The number of nitrogens with one attached hydrogen (secondary N) is 1. The minimum absolute atomic E-state index is 0.111. The molecule has 0 atom stereocenters. The molecule has 0 fully saturated rings. The Kier molecular flexibility index (Phi) is 3.24. The van der Waals surface area contributed by atoms with Gasteiger partial charge in [0.1, 0.15) is 0 Å². The molecule has 1 aliphatic rings. The minimum atomic E-state index is -0.111. The number of benzene rings is 2. The lowest BCUT2D eigenvalue weighted by molar-refractivity contribution is 0.102. The Labute approximate surface area is 132 Å². The fraction of sp³-hybridized carbons (Fsp3) is 0.111. The molecule has 1 amide bonds. The van der Waals surface area contributed by atoms with Crippen molar-refractivity contribution in [2.75, 3.05) is 5.32 Å². The van der Waals surface area contributed by atoms with Crippen molar-refractivity contribution in [3.63, 3.8) is 0 Å². The van der Waals surface area contributed by atoms with Gasteiger partial charge in [-0.3, -0.25) is 10.1 Å². The summed E-state index contributed by atoms with van der Waals surface area (Å²) in [5.74, 6) is -0.111. The molecule has 0 unspecified atom stereocenters. The molecule has 3 aromatic rings. The first-order valence-electron chi connectivity index (χ1n) is 7.25. The van der Waals surface area contributed by atoms with Crippen LogP contribution in [0.25, 0.3) is 11.3 Å². The van der Waals surface area contributed by atoms with Gasteiger partial charge in [0.05, 0.1) is 5.69 Å². The number of thiazole rings is 1. The molecule has 3 nitrogen and oxygen atoms in total. The molecule has 1 aromatic heterocycles. The smallest absolute Gasteiger partial charge is 0.257 e. The van der Waals surface area contributed by atoms with E-state index in [1.165, 1.54) is 16.0 Å². The monoisotopic (exact) mass is 306 g/mol. The number of nitrogens with zero attached hydrogens (tertiary/aromatic N) is 1. The summed E-state index contributed by atoms with van der Waals surface area (Å²) >= 11 is 1.58. The first-order chi connectivity index (χ1) is 10.8. The van der Waals surface area contributed by atoms with E-state index in [1.54, 1.807) is 23.5 Å². The number of aryl methyl sites for hydroxylation is 2. The quantitative estimate of drug-likeness (QED) is 0.772. The molecule has 0 aliphatic heterocycles. The van der Waals surface area contributed by atoms with E-state index in [4.69, 9.17) is 0 Å². The molecule has 4 rings (SSSR count). The lowest BCUT2D eigenvalue weighted by Gasteiger charge is -2.13. The summed E-state index contributed by atoms with van der Waals surface area (Å²) in [4.78, 5) is 18.1. The van der Waals surface area contributed by atoms with Gasteiger partial charge < -0.3 is 0 Å². The standard InChI is InChI=1S/C18H14N2OS/c21-17(13-7-2-1-3-8-13)20-18-19-16-14-9-5-4-6-12(14)10-11-15(16)22-18/h1-9H,10-11H2,(H,19,20,21). The Bertz CT molecular complexity index is 839. The van der Waals surface area contributed by atoms with Crippen LogP contribution in [0.4, 0.5) is 5.13 Å². The summed E-state index contributed by atoms with van der Waals surface area (Å²) in [7, 11) is 0. The molecular formula is C18H14N2OS. The van der Waals surface area contributed by atoms with Gasteiger partial charge in [-0.25, -0.2) is 4.98 Å². The summed E-state index contributed by atoms with van der Waals surface area (Å²) in [6.07, 6.45) is 2.03. The van der Waals surface area contributed by atoms with E-state index >= 15 is 0 Å². The molecule has 0 spiro atoms. The lowest BCUT2D eigenvalue weighted by Crippen LogP contribution is -2.11. The zero-order chi connectivity index (χ0) is 14.9. The molecule has 0 saturated carbocycles. The summed E-state index contributed by atoms with van der Waals surface area (Å²) in [5.41, 5.74) is 4.20. The van der Waals surface area contributed by atoms with Crippen LogP contribution in [0.3, 0.4) is 0 Å². The van der Waals surface area contributed by atoms with Gasteiger partial charge in [0.15, 0.2) is 5.13 Å². The van der Waals surface area contributed by atoms with E-state index in [0.717, 1.165) is 18.5 Å². The molecule has 2 aromatic carbocycles. The van der Waals surface area contributed by atoms with Crippen molar-refractivity contribution in [2.45, 2.75) is 12.8 Å². The third kappa shape index (κ3) is 2.31. The Morgan fingerprint density at radius 1 is 1.00 bits per heavy atom. The number of carbonyl (C=O) groups excluding carboxylic acids is 1. The number of hydrogen-bond acceptors (Lipinski definition) is 3. The first kappa shape index (κ1) is 13.2. The third-order valence-corrected chi connectivity index (χ3v) is 4.88. The largest absolute Gasteiger partial charge is 0.298 e. The Balaban J connectivity index is 1.64. The van der Waals surface area contributed by atoms with Crippen molar-refractivity contribution in [3.05, 3.63) is 70.6 Å². The predicted octanol–water partition coefficient (Wildman–Crippen LogP) is 4.16. The maximum atomic E-state index is 12.2. The summed E-state index contributed by atoms with van der Waals surface area (Å²) in [6, 6.07) is 17.6. The number of fused-ring (bicyclic) bond motifs is 3. The normalized spacial score (nSPS) is 12.4. The van der Waals surface area contributed by atoms with Crippen LogP contribution < -0.4 is 5.32 Å². The maximum absolute atomic E-state index is 12.2. The van der Waals surface area contributed by atoms with Crippen molar-refractivity contribution >= 4 is 22.4 Å². The van der Waals surface area contributed by atoms with Crippen molar-refractivity contribution in [3.8, 4) is 11.3 Å². The van der Waals surface area contributed by atoms with Crippen LogP contribution in [0, 0.1) is 0 Å². The first-order valence-corrected chi connectivity index (χ1v) is 8.07. The maximum Gasteiger partial charge on any atom is 0.257 e. The molecule has 108 valence electrons. The van der Waals surface area contributed by atoms with E-state index in [-0.39, 0.29) is 5.91 Å². The Hall–Kier alpha value is -2.46. The second-order valence-corrected chi connectivity index (χ2v) is 6.35. The second-order valence-electron chi connectivity index (χ2n) is 5.27. The third-order valence-electron chi connectivity index (χ3n) is 3.85. The van der Waals surface area contributed by atoms with Crippen LogP contribution >= 0.6 is 11.3 Å². The van der Waals surface area contributed by atoms with Crippen LogP contribution in [0.15, 0.2) is 54.6 Å². The van der Waals surface area contributed by atoms with Gasteiger partial charge >= 0.3 is 0 Å². The average molecular weight is 306 g/mol. The molecule has 22 heavy (non-hydrogen) atoms. The lowest BCUT2D eigenvalue weighted by atomic mass is 9.94. The number of rotatable bonds is 2.